The highest BCUT2D eigenvalue weighted by Crippen LogP contribution is 2.22. The number of aromatic nitrogens is 1. The highest BCUT2D eigenvalue weighted by atomic mass is 32.1. The van der Waals surface area contributed by atoms with Crippen LogP contribution in [0.1, 0.15) is 55.1 Å². The Morgan fingerprint density at radius 3 is 2.40 bits per heavy atom. The molecule has 1 aromatic heterocycles. The van der Waals surface area contributed by atoms with Gasteiger partial charge in [-0.1, -0.05) is 26.7 Å². The monoisotopic (exact) mass is 365 g/mol. The summed E-state index contributed by atoms with van der Waals surface area (Å²) < 4.78 is 0. The van der Waals surface area contributed by atoms with E-state index in [1.165, 1.54) is 43.6 Å². The van der Waals surface area contributed by atoms with Crippen LogP contribution in [0.15, 0.2) is 4.99 Å². The SMILES string of the molecule is CCC(CC)C(CNC(=NC)NCc1sc(C)nc1C)N1CCCC1. The number of thiazole rings is 1. The molecule has 1 unspecified atom stereocenters. The number of rotatable bonds is 8. The summed E-state index contributed by atoms with van der Waals surface area (Å²) in [5.74, 6) is 1.63. The molecule has 1 atom stereocenters. The van der Waals surface area contributed by atoms with Gasteiger partial charge in [-0.2, -0.15) is 0 Å². The summed E-state index contributed by atoms with van der Waals surface area (Å²) in [4.78, 5) is 12.9. The second-order valence-electron chi connectivity index (χ2n) is 6.94. The molecule has 2 N–H and O–H groups in total. The van der Waals surface area contributed by atoms with Gasteiger partial charge in [-0.05, 0) is 45.7 Å². The molecule has 2 heterocycles. The quantitative estimate of drug-likeness (QED) is 0.548. The number of aryl methyl sites for hydroxylation is 2. The molecule has 0 spiro atoms. The summed E-state index contributed by atoms with van der Waals surface area (Å²) in [7, 11) is 1.85. The Morgan fingerprint density at radius 2 is 1.88 bits per heavy atom. The zero-order valence-corrected chi connectivity index (χ0v) is 17.4. The lowest BCUT2D eigenvalue weighted by Crippen LogP contribution is -2.49. The molecule has 2 rings (SSSR count). The molecule has 1 saturated heterocycles. The van der Waals surface area contributed by atoms with Crippen LogP contribution < -0.4 is 10.6 Å². The average molecular weight is 366 g/mol. The first kappa shape index (κ1) is 20.2. The van der Waals surface area contributed by atoms with E-state index in [-0.39, 0.29) is 0 Å². The smallest absolute Gasteiger partial charge is 0.191 e. The number of likely N-dealkylation sites (tertiary alicyclic amines) is 1. The van der Waals surface area contributed by atoms with Crippen molar-refractivity contribution in [2.75, 3.05) is 26.7 Å². The molecule has 0 aromatic carbocycles. The summed E-state index contributed by atoms with van der Waals surface area (Å²) in [5.41, 5.74) is 1.12. The van der Waals surface area contributed by atoms with Crippen molar-refractivity contribution in [2.45, 2.75) is 66.0 Å². The van der Waals surface area contributed by atoms with Crippen molar-refractivity contribution < 1.29 is 0 Å². The molecule has 0 aliphatic carbocycles. The van der Waals surface area contributed by atoms with E-state index in [1.807, 2.05) is 7.05 Å². The summed E-state index contributed by atoms with van der Waals surface area (Å²) in [6.07, 6.45) is 5.16. The first-order valence-electron chi connectivity index (χ1n) is 9.70. The molecule has 0 saturated carbocycles. The summed E-state index contributed by atoms with van der Waals surface area (Å²) in [6, 6.07) is 0.600. The van der Waals surface area contributed by atoms with Gasteiger partial charge in [0.1, 0.15) is 0 Å². The summed E-state index contributed by atoms with van der Waals surface area (Å²) >= 11 is 1.76. The Labute approximate surface area is 157 Å². The van der Waals surface area contributed by atoms with Crippen LogP contribution in [0.4, 0.5) is 0 Å². The van der Waals surface area contributed by atoms with Crippen molar-refractivity contribution >= 4 is 17.3 Å². The number of guanidine groups is 1. The van der Waals surface area contributed by atoms with Crippen LogP contribution in [0.2, 0.25) is 0 Å². The first-order valence-corrected chi connectivity index (χ1v) is 10.5. The van der Waals surface area contributed by atoms with Crippen molar-refractivity contribution in [3.05, 3.63) is 15.6 Å². The third-order valence-corrected chi connectivity index (χ3v) is 6.39. The fraction of sp³-hybridized carbons (Fsp3) is 0.789. The standard InChI is InChI=1S/C19H35N5S/c1-6-16(7-2)17(24-10-8-9-11-24)12-21-19(20-5)22-13-18-14(3)23-15(4)25-18/h16-17H,6-13H2,1-5H3,(H2,20,21,22). The van der Waals surface area contributed by atoms with Crippen LogP contribution in [-0.4, -0.2) is 48.6 Å². The number of hydrogen-bond donors (Lipinski definition) is 2. The van der Waals surface area contributed by atoms with E-state index in [0.29, 0.717) is 6.04 Å². The lowest BCUT2D eigenvalue weighted by atomic mass is 9.93. The van der Waals surface area contributed by atoms with Crippen LogP contribution in [0.5, 0.6) is 0 Å². The van der Waals surface area contributed by atoms with E-state index in [2.05, 4.69) is 53.2 Å². The Kier molecular flexibility index (Phi) is 8.16. The van der Waals surface area contributed by atoms with Gasteiger partial charge in [-0.25, -0.2) is 4.98 Å². The molecule has 1 aromatic rings. The van der Waals surface area contributed by atoms with Crippen molar-refractivity contribution in [1.82, 2.24) is 20.5 Å². The second-order valence-corrected chi connectivity index (χ2v) is 8.22. The molecule has 25 heavy (non-hydrogen) atoms. The van der Waals surface area contributed by atoms with Crippen molar-refractivity contribution in [1.29, 1.82) is 0 Å². The molecular weight excluding hydrogens is 330 g/mol. The number of hydrogen-bond acceptors (Lipinski definition) is 4. The Hall–Kier alpha value is -1.14. The van der Waals surface area contributed by atoms with Crippen LogP contribution >= 0.6 is 11.3 Å². The maximum atomic E-state index is 4.50. The molecule has 6 heteroatoms. The van der Waals surface area contributed by atoms with Gasteiger partial charge in [0.15, 0.2) is 5.96 Å². The minimum Gasteiger partial charge on any atom is -0.355 e. The molecule has 1 aliphatic rings. The molecule has 5 nitrogen and oxygen atoms in total. The van der Waals surface area contributed by atoms with Gasteiger partial charge in [0.05, 0.1) is 17.2 Å². The summed E-state index contributed by atoms with van der Waals surface area (Å²) in [6.45, 7) is 13.0. The first-order chi connectivity index (χ1) is 12.1. The largest absolute Gasteiger partial charge is 0.355 e. The van der Waals surface area contributed by atoms with E-state index < -0.39 is 0 Å². The Balaban J connectivity index is 1.91. The highest BCUT2D eigenvalue weighted by Gasteiger charge is 2.27. The Bertz CT molecular complexity index is 542. The van der Waals surface area contributed by atoms with Crippen LogP contribution in [0.25, 0.3) is 0 Å². The van der Waals surface area contributed by atoms with Gasteiger partial charge < -0.3 is 10.6 Å². The molecule has 0 radical (unpaired) electrons. The average Bonchev–Trinajstić information content (AvgIpc) is 3.23. The van der Waals surface area contributed by atoms with Gasteiger partial charge in [0.25, 0.3) is 0 Å². The predicted octanol–water partition coefficient (Wildman–Crippen LogP) is 3.33. The topological polar surface area (TPSA) is 52.6 Å². The number of aliphatic imine (C=N–C) groups is 1. The van der Waals surface area contributed by atoms with Crippen LogP contribution in [-0.2, 0) is 6.54 Å². The maximum Gasteiger partial charge on any atom is 0.191 e. The zero-order valence-electron chi connectivity index (χ0n) is 16.6. The Morgan fingerprint density at radius 1 is 1.20 bits per heavy atom. The molecule has 0 amide bonds. The van der Waals surface area contributed by atoms with Crippen molar-refractivity contribution in [3.8, 4) is 0 Å². The van der Waals surface area contributed by atoms with E-state index in [9.17, 15) is 0 Å². The van der Waals surface area contributed by atoms with Gasteiger partial charge in [0, 0.05) is 24.5 Å². The van der Waals surface area contributed by atoms with Crippen molar-refractivity contribution in [2.24, 2.45) is 10.9 Å². The molecule has 0 bridgehead atoms. The van der Waals surface area contributed by atoms with E-state index in [4.69, 9.17) is 0 Å². The molecule has 1 fully saturated rings. The zero-order chi connectivity index (χ0) is 18.2. The third kappa shape index (κ3) is 5.68. The lowest BCUT2D eigenvalue weighted by Gasteiger charge is -2.34. The molecule has 1 aliphatic heterocycles. The van der Waals surface area contributed by atoms with E-state index in [0.717, 1.165) is 35.7 Å². The normalized spacial score (nSPS) is 17.3. The minimum atomic E-state index is 0.600. The number of nitrogens with zero attached hydrogens (tertiary/aromatic N) is 3. The maximum absolute atomic E-state index is 4.50. The van der Waals surface area contributed by atoms with Gasteiger partial charge in [0.2, 0.25) is 0 Å². The molecular formula is C19H35N5S. The highest BCUT2D eigenvalue weighted by molar-refractivity contribution is 7.11. The van der Waals surface area contributed by atoms with Crippen LogP contribution in [0, 0.1) is 19.8 Å². The van der Waals surface area contributed by atoms with Crippen LogP contribution in [0.3, 0.4) is 0 Å². The minimum absolute atomic E-state index is 0.600. The number of nitrogens with one attached hydrogen (secondary N) is 2. The van der Waals surface area contributed by atoms with E-state index in [1.54, 1.807) is 11.3 Å². The predicted molar refractivity (Wildman–Crippen MR) is 108 cm³/mol. The lowest BCUT2D eigenvalue weighted by molar-refractivity contribution is 0.166. The molecule has 142 valence electrons. The fourth-order valence-electron chi connectivity index (χ4n) is 3.82. The summed E-state index contributed by atoms with van der Waals surface area (Å²) in [5, 5.41) is 8.15. The van der Waals surface area contributed by atoms with Gasteiger partial charge in [-0.15, -0.1) is 11.3 Å². The van der Waals surface area contributed by atoms with Gasteiger partial charge >= 0.3 is 0 Å². The third-order valence-electron chi connectivity index (χ3n) is 5.32. The fourth-order valence-corrected chi connectivity index (χ4v) is 4.70. The van der Waals surface area contributed by atoms with Crippen molar-refractivity contribution in [3.63, 3.8) is 0 Å². The van der Waals surface area contributed by atoms with Gasteiger partial charge in [-0.3, -0.25) is 9.89 Å². The second kappa shape index (κ2) is 10.1. The van der Waals surface area contributed by atoms with E-state index >= 15 is 0 Å².